The molecule has 0 spiro atoms. The third-order valence-corrected chi connectivity index (χ3v) is 4.02. The molecule has 1 aromatic carbocycles. The summed E-state index contributed by atoms with van der Waals surface area (Å²) in [4.78, 5) is 0. The number of nitrogens with one attached hydrogen (secondary N) is 1. The van der Waals surface area contributed by atoms with Gasteiger partial charge in [0.2, 0.25) is 0 Å². The lowest BCUT2D eigenvalue weighted by atomic mass is 9.91. The maximum Gasteiger partial charge on any atom is 0.0406 e. The molecule has 2 heteroatoms. The number of hydrogen-bond acceptors (Lipinski definition) is 1. The number of halogens is 1. The summed E-state index contributed by atoms with van der Waals surface area (Å²) in [6.45, 7) is 3.28. The summed E-state index contributed by atoms with van der Waals surface area (Å²) in [7, 11) is 0. The maximum atomic E-state index is 5.98. The first-order chi connectivity index (χ1) is 9.29. The molecule has 0 saturated carbocycles. The van der Waals surface area contributed by atoms with E-state index < -0.39 is 0 Å². The van der Waals surface area contributed by atoms with E-state index in [4.69, 9.17) is 11.6 Å². The number of rotatable bonds is 6. The zero-order valence-corrected chi connectivity index (χ0v) is 12.5. The summed E-state index contributed by atoms with van der Waals surface area (Å²) in [5, 5.41) is 4.48. The predicted octanol–water partition coefficient (Wildman–Crippen LogP) is 5.27. The first-order valence-corrected chi connectivity index (χ1v) is 7.84. The lowest BCUT2D eigenvalue weighted by Gasteiger charge is -2.22. The van der Waals surface area contributed by atoms with Crippen LogP contribution >= 0.6 is 11.6 Å². The Bertz CT molecular complexity index is 408. The van der Waals surface area contributed by atoms with Gasteiger partial charge in [-0.2, -0.15) is 0 Å². The number of hydrogen-bond donors (Lipinski definition) is 1. The fraction of sp³-hybridized carbons (Fsp3) is 0.529. The Hall–Kier alpha value is -0.790. The van der Waals surface area contributed by atoms with Crippen LogP contribution in [-0.4, -0.2) is 6.54 Å². The van der Waals surface area contributed by atoms with Crippen LogP contribution in [0.3, 0.4) is 0 Å². The molecule has 0 fully saturated rings. The smallest absolute Gasteiger partial charge is 0.0406 e. The third-order valence-electron chi connectivity index (χ3n) is 3.76. The summed E-state index contributed by atoms with van der Waals surface area (Å²) in [5.74, 6) is 0. The van der Waals surface area contributed by atoms with Gasteiger partial charge in [-0.3, -0.25) is 0 Å². The monoisotopic (exact) mass is 277 g/mol. The molecule has 0 heterocycles. The molecule has 1 unspecified atom stereocenters. The van der Waals surface area contributed by atoms with Crippen molar-refractivity contribution in [2.24, 2.45) is 0 Å². The van der Waals surface area contributed by atoms with E-state index in [-0.39, 0.29) is 0 Å². The highest BCUT2D eigenvalue weighted by Crippen LogP contribution is 2.28. The Morgan fingerprint density at radius 1 is 1.21 bits per heavy atom. The van der Waals surface area contributed by atoms with Crippen molar-refractivity contribution in [2.45, 2.75) is 51.5 Å². The molecular formula is C17H24ClN. The van der Waals surface area contributed by atoms with Crippen LogP contribution in [0, 0.1) is 0 Å². The minimum absolute atomic E-state index is 0.432. The highest BCUT2D eigenvalue weighted by molar-refractivity contribution is 6.30. The van der Waals surface area contributed by atoms with E-state index in [2.05, 4.69) is 30.4 Å². The van der Waals surface area contributed by atoms with E-state index in [1.165, 1.54) is 37.7 Å². The fourth-order valence-electron chi connectivity index (χ4n) is 2.67. The van der Waals surface area contributed by atoms with Crippen LogP contribution in [0.4, 0.5) is 0 Å². The molecule has 1 N–H and O–H groups in total. The molecule has 1 aromatic rings. The Morgan fingerprint density at radius 2 is 2.00 bits per heavy atom. The third kappa shape index (κ3) is 4.67. The number of benzene rings is 1. The van der Waals surface area contributed by atoms with Crippen molar-refractivity contribution in [1.82, 2.24) is 5.32 Å². The van der Waals surface area contributed by atoms with Gasteiger partial charge in [0.1, 0.15) is 0 Å². The molecule has 0 aromatic heterocycles. The van der Waals surface area contributed by atoms with E-state index in [0.717, 1.165) is 18.0 Å². The maximum absolute atomic E-state index is 5.98. The zero-order chi connectivity index (χ0) is 13.5. The van der Waals surface area contributed by atoms with Gasteiger partial charge in [0.05, 0.1) is 0 Å². The summed E-state index contributed by atoms with van der Waals surface area (Å²) >= 11 is 5.98. The van der Waals surface area contributed by atoms with Gasteiger partial charge >= 0.3 is 0 Å². The van der Waals surface area contributed by atoms with Crippen LogP contribution in [0.15, 0.2) is 35.9 Å². The standard InChI is InChI=1S/C17H24ClN/c1-2-12-19-17(13-14-6-4-3-5-7-14)15-8-10-16(18)11-9-15/h6,8-11,17,19H,2-5,7,12-13H2,1H3. The van der Waals surface area contributed by atoms with Crippen LogP contribution in [0.5, 0.6) is 0 Å². The topological polar surface area (TPSA) is 12.0 Å². The normalized spacial score (nSPS) is 17.1. The highest BCUT2D eigenvalue weighted by atomic mass is 35.5. The van der Waals surface area contributed by atoms with Crippen molar-refractivity contribution in [3.8, 4) is 0 Å². The van der Waals surface area contributed by atoms with E-state index in [0.29, 0.717) is 6.04 Å². The molecule has 104 valence electrons. The van der Waals surface area contributed by atoms with E-state index in [1.54, 1.807) is 5.57 Å². The van der Waals surface area contributed by atoms with Crippen molar-refractivity contribution in [1.29, 1.82) is 0 Å². The van der Waals surface area contributed by atoms with Gasteiger partial charge in [-0.05, 0) is 62.8 Å². The van der Waals surface area contributed by atoms with Crippen molar-refractivity contribution < 1.29 is 0 Å². The second-order valence-corrected chi connectivity index (χ2v) is 5.81. The molecule has 19 heavy (non-hydrogen) atoms. The van der Waals surface area contributed by atoms with Crippen molar-refractivity contribution in [2.75, 3.05) is 6.54 Å². The van der Waals surface area contributed by atoms with Crippen molar-refractivity contribution in [3.05, 3.63) is 46.5 Å². The molecule has 1 aliphatic rings. The van der Waals surface area contributed by atoms with Gasteiger partial charge in [-0.1, -0.05) is 42.3 Å². The predicted molar refractivity (Wildman–Crippen MR) is 83.7 cm³/mol. The molecule has 0 bridgehead atoms. The quantitative estimate of drug-likeness (QED) is 0.698. The zero-order valence-electron chi connectivity index (χ0n) is 11.8. The Labute approximate surface area is 122 Å². The van der Waals surface area contributed by atoms with Crippen LogP contribution in [0.1, 0.15) is 57.1 Å². The Balaban J connectivity index is 2.06. The van der Waals surface area contributed by atoms with Crippen LogP contribution in [-0.2, 0) is 0 Å². The van der Waals surface area contributed by atoms with Gasteiger partial charge in [0.15, 0.2) is 0 Å². The molecule has 1 aliphatic carbocycles. The van der Waals surface area contributed by atoms with Crippen LogP contribution in [0.25, 0.3) is 0 Å². The molecular weight excluding hydrogens is 254 g/mol. The Kier molecular flexibility index (Phi) is 5.93. The minimum atomic E-state index is 0.432. The van der Waals surface area contributed by atoms with E-state index in [1.807, 2.05) is 12.1 Å². The minimum Gasteiger partial charge on any atom is -0.310 e. The van der Waals surface area contributed by atoms with Gasteiger partial charge < -0.3 is 5.32 Å². The molecule has 0 aliphatic heterocycles. The molecule has 1 nitrogen and oxygen atoms in total. The first kappa shape index (κ1) is 14.6. The molecule has 0 radical (unpaired) electrons. The average Bonchev–Trinajstić information content (AvgIpc) is 2.45. The average molecular weight is 278 g/mol. The lowest BCUT2D eigenvalue weighted by Crippen LogP contribution is -2.23. The second kappa shape index (κ2) is 7.72. The summed E-state index contributed by atoms with van der Waals surface area (Å²) < 4.78 is 0. The number of allylic oxidation sites excluding steroid dienone is 1. The highest BCUT2D eigenvalue weighted by Gasteiger charge is 2.14. The van der Waals surface area contributed by atoms with Gasteiger partial charge in [0, 0.05) is 11.1 Å². The van der Waals surface area contributed by atoms with Gasteiger partial charge in [-0.25, -0.2) is 0 Å². The van der Waals surface area contributed by atoms with Gasteiger partial charge in [0.25, 0.3) is 0 Å². The molecule has 0 saturated heterocycles. The van der Waals surface area contributed by atoms with Crippen molar-refractivity contribution in [3.63, 3.8) is 0 Å². The van der Waals surface area contributed by atoms with E-state index in [9.17, 15) is 0 Å². The molecule has 1 atom stereocenters. The molecule has 2 rings (SSSR count). The summed E-state index contributed by atoms with van der Waals surface area (Å²) in [6, 6.07) is 8.72. The van der Waals surface area contributed by atoms with Crippen LogP contribution in [0.2, 0.25) is 5.02 Å². The van der Waals surface area contributed by atoms with Crippen molar-refractivity contribution >= 4 is 11.6 Å². The first-order valence-electron chi connectivity index (χ1n) is 7.46. The van der Waals surface area contributed by atoms with Crippen LogP contribution < -0.4 is 5.32 Å². The lowest BCUT2D eigenvalue weighted by molar-refractivity contribution is 0.511. The second-order valence-electron chi connectivity index (χ2n) is 5.37. The summed E-state index contributed by atoms with van der Waals surface area (Å²) in [5.41, 5.74) is 2.97. The van der Waals surface area contributed by atoms with Gasteiger partial charge in [-0.15, -0.1) is 0 Å². The SMILES string of the molecule is CCCNC(CC1=CCCCC1)c1ccc(Cl)cc1. The van der Waals surface area contributed by atoms with E-state index >= 15 is 0 Å². The fourth-order valence-corrected chi connectivity index (χ4v) is 2.80. The largest absolute Gasteiger partial charge is 0.310 e. The Morgan fingerprint density at radius 3 is 2.63 bits per heavy atom. The molecule has 0 amide bonds. The summed E-state index contributed by atoms with van der Waals surface area (Å²) in [6.07, 6.45) is 10.0.